The molecule has 0 radical (unpaired) electrons. The van der Waals surface area contributed by atoms with Crippen LogP contribution in [0.25, 0.3) is 0 Å². The van der Waals surface area contributed by atoms with Crippen LogP contribution < -0.4 is 0 Å². The van der Waals surface area contributed by atoms with Gasteiger partial charge in [0.05, 0.1) is 26.4 Å². The van der Waals surface area contributed by atoms with Gasteiger partial charge in [0, 0.05) is 25.7 Å². The fraction of sp³-hybridized carbons (Fsp3) is 0.648. The third-order valence-corrected chi connectivity index (χ3v) is 19.1. The van der Waals surface area contributed by atoms with Crippen LogP contribution in [0.2, 0.25) is 0 Å². The molecular weight excluding hydrogens is 1430 g/mol. The lowest BCUT2D eigenvalue weighted by Crippen LogP contribution is -2.30. The van der Waals surface area contributed by atoms with E-state index in [1.54, 1.807) is 0 Å². The van der Waals surface area contributed by atoms with Crippen LogP contribution in [0, 0.1) is 0 Å². The van der Waals surface area contributed by atoms with E-state index in [0.29, 0.717) is 25.7 Å². The van der Waals surface area contributed by atoms with E-state index in [9.17, 15) is 43.2 Å². The Labute approximate surface area is 667 Å². The first kappa shape index (κ1) is 104. The monoisotopic (exact) mass is 1580 g/mol. The average Bonchev–Trinajstić information content (AvgIpc) is 0.900. The van der Waals surface area contributed by atoms with Gasteiger partial charge in [-0.3, -0.25) is 37.3 Å². The Morgan fingerprint density at radius 1 is 0.264 bits per heavy atom. The standard InChI is InChI=1S/C91H150O17P2/c1-5-9-13-17-21-25-29-33-37-40-42-45-49-52-56-60-64-68-72-76-89(94)102-82-87(108-91(96)78-74-70-66-62-58-54-50-46-43-41-38-34-30-26-22-18-14-10-6-2)84-106-110(99,100)104-80-85(92)79-103-109(97,98)105-83-86(107-90(95)77-73-69-65-61-57-53-47-36-32-28-24-20-16-12-8-4)81-101-88(93)75-71-67-63-59-55-51-48-44-39-35-31-27-23-19-15-11-7-3/h9-11,13-15,21-28,33-39,42-43,45-48,51,85-87,92H,5-8,12,16-20,29-32,40-41,44,49-50,52-84H2,1-4H3,(H,97,98)(H,99,100)/b13-9-,14-10-,15-11-,25-21-,26-22-,27-23-,28-24-,37-33-,38-34-,39-35-,45-42-,46-43-,47-36-,51-48-. The van der Waals surface area contributed by atoms with Crippen LogP contribution >= 0.6 is 15.6 Å². The highest BCUT2D eigenvalue weighted by atomic mass is 31.2. The van der Waals surface area contributed by atoms with E-state index >= 15 is 0 Å². The summed E-state index contributed by atoms with van der Waals surface area (Å²) in [5, 5.41) is 10.7. The lowest BCUT2D eigenvalue weighted by Gasteiger charge is -2.21. The maximum Gasteiger partial charge on any atom is 0.472 e. The van der Waals surface area contributed by atoms with Crippen LogP contribution in [0.3, 0.4) is 0 Å². The molecule has 0 aliphatic carbocycles. The molecule has 0 saturated carbocycles. The smallest absolute Gasteiger partial charge is 0.462 e. The lowest BCUT2D eigenvalue weighted by atomic mass is 10.1. The van der Waals surface area contributed by atoms with Crippen LogP contribution in [-0.2, 0) is 65.4 Å². The quantitative estimate of drug-likeness (QED) is 0.0169. The topological polar surface area (TPSA) is 237 Å². The lowest BCUT2D eigenvalue weighted by molar-refractivity contribution is -0.161. The maximum absolute atomic E-state index is 13.2. The number of hydrogen-bond acceptors (Lipinski definition) is 15. The molecule has 5 atom stereocenters. The molecule has 0 aliphatic heterocycles. The van der Waals surface area contributed by atoms with Crippen molar-refractivity contribution >= 4 is 39.5 Å². The van der Waals surface area contributed by atoms with Crippen LogP contribution in [-0.4, -0.2) is 96.7 Å². The SMILES string of the molecule is CC/C=C\C/C=C\C/C=C\C/C=C\CCCCCCCCC(=O)OCC(COP(=O)(O)OCC(O)COP(=O)(O)OCC(COC(=O)CCCCCC/C=C\C/C=C\C/C=C\C/C=C\CC)OC(=O)CCCCCCC/C=C\C/C=C\CCCCC)OC(=O)CCCCCCCC/C=C\C/C=C\C/C=C\C/C=C\CC. The van der Waals surface area contributed by atoms with Gasteiger partial charge in [0.2, 0.25) is 0 Å². The molecule has 0 rings (SSSR count). The predicted octanol–water partition coefficient (Wildman–Crippen LogP) is 25.3. The summed E-state index contributed by atoms with van der Waals surface area (Å²) < 4.78 is 68.8. The summed E-state index contributed by atoms with van der Waals surface area (Å²) in [5.41, 5.74) is 0. The normalized spacial score (nSPS) is 14.6. The number of carbonyl (C=O) groups excluding carboxylic acids is 4. The first-order valence-corrected chi connectivity index (χ1v) is 45.4. The number of aliphatic hydroxyl groups is 1. The zero-order chi connectivity index (χ0) is 80.3. The Morgan fingerprint density at radius 3 is 0.727 bits per heavy atom. The van der Waals surface area contributed by atoms with Gasteiger partial charge in [-0.25, -0.2) is 9.13 Å². The average molecular weight is 1580 g/mol. The van der Waals surface area contributed by atoms with Crippen molar-refractivity contribution in [3.8, 4) is 0 Å². The number of unbranched alkanes of at least 4 members (excludes halogenated alkanes) is 24. The Kier molecular flexibility index (Phi) is 77.3. The van der Waals surface area contributed by atoms with Crippen molar-refractivity contribution < 1.29 is 80.2 Å². The molecule has 0 bridgehead atoms. The van der Waals surface area contributed by atoms with Gasteiger partial charge in [-0.05, 0) is 173 Å². The molecule has 3 N–H and O–H groups in total. The fourth-order valence-corrected chi connectivity index (χ4v) is 12.4. The van der Waals surface area contributed by atoms with Gasteiger partial charge < -0.3 is 33.8 Å². The summed E-state index contributed by atoms with van der Waals surface area (Å²) in [6.45, 7) is 4.45. The summed E-state index contributed by atoms with van der Waals surface area (Å²) in [6.07, 6.45) is 97.3. The van der Waals surface area contributed by atoms with Crippen molar-refractivity contribution in [1.29, 1.82) is 0 Å². The van der Waals surface area contributed by atoms with E-state index in [1.165, 1.54) is 19.3 Å². The molecule has 0 aromatic carbocycles. The van der Waals surface area contributed by atoms with Crippen molar-refractivity contribution in [3.05, 3.63) is 170 Å². The van der Waals surface area contributed by atoms with Gasteiger partial charge in [-0.15, -0.1) is 0 Å². The molecular formula is C91H150O17P2. The molecule has 110 heavy (non-hydrogen) atoms. The second kappa shape index (κ2) is 81.4. The molecule has 0 saturated heterocycles. The highest BCUT2D eigenvalue weighted by molar-refractivity contribution is 7.47. The second-order valence-electron chi connectivity index (χ2n) is 27.6. The summed E-state index contributed by atoms with van der Waals surface area (Å²) in [5.74, 6) is -2.25. The molecule has 0 amide bonds. The van der Waals surface area contributed by atoms with Crippen LogP contribution in [0.15, 0.2) is 170 Å². The van der Waals surface area contributed by atoms with Crippen LogP contribution in [0.5, 0.6) is 0 Å². The number of esters is 4. The molecule has 0 aromatic heterocycles. The number of ether oxygens (including phenoxy) is 4. The van der Waals surface area contributed by atoms with Crippen molar-refractivity contribution in [2.45, 2.75) is 341 Å². The summed E-state index contributed by atoms with van der Waals surface area (Å²) in [6, 6.07) is 0. The number of hydrogen-bond donors (Lipinski definition) is 3. The van der Waals surface area contributed by atoms with Crippen LogP contribution in [0.1, 0.15) is 323 Å². The molecule has 0 spiro atoms. The van der Waals surface area contributed by atoms with E-state index in [0.717, 1.165) is 225 Å². The molecule has 0 fully saturated rings. The number of aliphatic hydroxyl groups excluding tert-OH is 1. The predicted molar refractivity (Wildman–Crippen MR) is 454 cm³/mol. The molecule has 0 aromatic rings. The number of phosphoric ester groups is 2. The number of rotatable bonds is 78. The molecule has 0 aliphatic rings. The second-order valence-corrected chi connectivity index (χ2v) is 30.5. The van der Waals surface area contributed by atoms with Crippen molar-refractivity contribution in [2.24, 2.45) is 0 Å². The van der Waals surface area contributed by atoms with E-state index in [4.69, 9.17) is 37.0 Å². The summed E-state index contributed by atoms with van der Waals surface area (Å²) >= 11 is 0. The Hall–Kier alpha value is -5.58. The van der Waals surface area contributed by atoms with E-state index in [1.807, 2.05) is 0 Å². The van der Waals surface area contributed by atoms with Gasteiger partial charge >= 0.3 is 39.5 Å². The van der Waals surface area contributed by atoms with Crippen molar-refractivity contribution in [2.75, 3.05) is 39.6 Å². The largest absolute Gasteiger partial charge is 0.472 e. The minimum absolute atomic E-state index is 0.0679. The van der Waals surface area contributed by atoms with E-state index in [2.05, 4.69) is 198 Å². The zero-order valence-corrected chi connectivity index (χ0v) is 70.4. The first-order valence-electron chi connectivity index (χ1n) is 42.4. The summed E-state index contributed by atoms with van der Waals surface area (Å²) in [4.78, 5) is 73.3. The fourth-order valence-electron chi connectivity index (χ4n) is 10.8. The van der Waals surface area contributed by atoms with Crippen molar-refractivity contribution in [3.63, 3.8) is 0 Å². The van der Waals surface area contributed by atoms with Gasteiger partial charge in [0.15, 0.2) is 12.2 Å². The number of carbonyl (C=O) groups is 4. The zero-order valence-electron chi connectivity index (χ0n) is 68.6. The van der Waals surface area contributed by atoms with Gasteiger partial charge in [0.1, 0.15) is 19.3 Å². The highest BCUT2D eigenvalue weighted by Gasteiger charge is 2.30. The third-order valence-electron chi connectivity index (χ3n) is 17.2. The molecule has 626 valence electrons. The molecule has 19 heteroatoms. The van der Waals surface area contributed by atoms with Gasteiger partial charge in [-0.1, -0.05) is 294 Å². The van der Waals surface area contributed by atoms with Crippen molar-refractivity contribution in [1.82, 2.24) is 0 Å². The minimum Gasteiger partial charge on any atom is -0.462 e. The highest BCUT2D eigenvalue weighted by Crippen LogP contribution is 2.45. The Bertz CT molecular complexity index is 2750. The van der Waals surface area contributed by atoms with Gasteiger partial charge in [0.25, 0.3) is 0 Å². The molecule has 17 nitrogen and oxygen atoms in total. The van der Waals surface area contributed by atoms with E-state index in [-0.39, 0.29) is 25.7 Å². The molecule has 5 unspecified atom stereocenters. The number of phosphoric acid groups is 2. The van der Waals surface area contributed by atoms with E-state index < -0.39 is 97.5 Å². The maximum atomic E-state index is 13.2. The Balaban J connectivity index is 5.45. The molecule has 0 heterocycles. The Morgan fingerprint density at radius 2 is 0.473 bits per heavy atom. The summed E-state index contributed by atoms with van der Waals surface area (Å²) in [7, 11) is -10.00. The van der Waals surface area contributed by atoms with Gasteiger partial charge in [-0.2, -0.15) is 0 Å². The third kappa shape index (κ3) is 80.5. The minimum atomic E-state index is -5.00. The first-order chi connectivity index (χ1) is 53.7. The van der Waals surface area contributed by atoms with Crippen LogP contribution in [0.4, 0.5) is 0 Å². The number of allylic oxidation sites excluding steroid dienone is 28.